The van der Waals surface area contributed by atoms with Crippen molar-refractivity contribution in [3.05, 3.63) is 59.7 Å². The summed E-state index contributed by atoms with van der Waals surface area (Å²) in [7, 11) is 3.39. The first kappa shape index (κ1) is 22.5. The maximum atomic E-state index is 11.9. The number of likely N-dealkylation sites (tertiary alicyclic amines) is 1. The van der Waals surface area contributed by atoms with E-state index in [1.54, 1.807) is 14.2 Å². The van der Waals surface area contributed by atoms with Gasteiger partial charge in [0.05, 0.1) is 13.7 Å². The summed E-state index contributed by atoms with van der Waals surface area (Å²) in [4.78, 5) is 18.1. The van der Waals surface area contributed by atoms with Gasteiger partial charge >= 0.3 is 0 Å². The second-order valence-electron chi connectivity index (χ2n) is 7.65. The Morgan fingerprint density at radius 1 is 1.13 bits per heavy atom. The molecule has 0 aliphatic carbocycles. The smallest absolute Gasteiger partial charge is 0.222 e. The van der Waals surface area contributed by atoms with E-state index in [0.29, 0.717) is 32.0 Å². The van der Waals surface area contributed by atoms with E-state index in [-0.39, 0.29) is 12.0 Å². The maximum Gasteiger partial charge on any atom is 0.222 e. The van der Waals surface area contributed by atoms with Crippen LogP contribution in [0.5, 0.6) is 11.5 Å². The number of nitrogens with zero attached hydrogens (tertiary/aromatic N) is 2. The van der Waals surface area contributed by atoms with E-state index in [2.05, 4.69) is 33.8 Å². The molecular weight excluding hydrogens is 392 g/mol. The van der Waals surface area contributed by atoms with Crippen LogP contribution < -0.4 is 20.1 Å². The summed E-state index contributed by atoms with van der Waals surface area (Å²) in [6.07, 6.45) is 1.58. The normalized spacial score (nSPS) is 15.0. The van der Waals surface area contributed by atoms with Gasteiger partial charge in [0.2, 0.25) is 5.91 Å². The highest BCUT2D eigenvalue weighted by Gasteiger charge is 2.19. The Labute approximate surface area is 184 Å². The van der Waals surface area contributed by atoms with Crippen molar-refractivity contribution in [3.63, 3.8) is 0 Å². The standard InChI is InChI=1S/C24H32N4O3/c1-18(31-22-10-5-9-21(14-22)30-3)15-26-24(25-2)27-16-19-7-4-8-20(13-19)17-28-12-6-11-23(28)29/h4-5,7-10,13-14,18H,6,11-12,15-17H2,1-3H3,(H2,25,26,27). The van der Waals surface area contributed by atoms with E-state index in [4.69, 9.17) is 9.47 Å². The van der Waals surface area contributed by atoms with Crippen molar-refractivity contribution in [2.45, 2.75) is 39.0 Å². The van der Waals surface area contributed by atoms with Crippen molar-refractivity contribution < 1.29 is 14.3 Å². The lowest BCUT2D eigenvalue weighted by atomic mass is 10.1. The molecule has 1 saturated heterocycles. The minimum atomic E-state index is -0.0491. The predicted octanol–water partition coefficient (Wildman–Crippen LogP) is 2.95. The molecule has 2 aromatic carbocycles. The van der Waals surface area contributed by atoms with Gasteiger partial charge in [0.15, 0.2) is 5.96 Å². The van der Waals surface area contributed by atoms with Gasteiger partial charge in [-0.25, -0.2) is 0 Å². The van der Waals surface area contributed by atoms with Gasteiger partial charge in [0.1, 0.15) is 17.6 Å². The zero-order chi connectivity index (χ0) is 22.1. The lowest BCUT2D eigenvalue weighted by Crippen LogP contribution is -2.41. The van der Waals surface area contributed by atoms with Gasteiger partial charge in [-0.1, -0.05) is 30.3 Å². The first-order valence-electron chi connectivity index (χ1n) is 10.7. The predicted molar refractivity (Wildman–Crippen MR) is 122 cm³/mol. The number of methoxy groups -OCH3 is 1. The molecule has 1 unspecified atom stereocenters. The molecule has 0 spiro atoms. The molecule has 1 amide bonds. The molecule has 0 bridgehead atoms. The third-order valence-corrected chi connectivity index (χ3v) is 5.16. The monoisotopic (exact) mass is 424 g/mol. The van der Waals surface area contributed by atoms with Crippen molar-refractivity contribution in [2.75, 3.05) is 27.2 Å². The molecule has 1 fully saturated rings. The van der Waals surface area contributed by atoms with Gasteiger partial charge in [-0.3, -0.25) is 9.79 Å². The summed E-state index contributed by atoms with van der Waals surface area (Å²) < 4.78 is 11.2. The molecule has 1 aliphatic rings. The Morgan fingerprint density at radius 3 is 2.65 bits per heavy atom. The summed E-state index contributed by atoms with van der Waals surface area (Å²) in [6, 6.07) is 15.9. The number of aliphatic imine (C=N–C) groups is 1. The number of rotatable bonds is 9. The van der Waals surface area contributed by atoms with E-state index in [9.17, 15) is 4.79 Å². The molecule has 7 nitrogen and oxygen atoms in total. The van der Waals surface area contributed by atoms with Gasteiger partial charge in [-0.05, 0) is 36.6 Å². The van der Waals surface area contributed by atoms with Gasteiger partial charge in [0.25, 0.3) is 0 Å². The molecule has 0 saturated carbocycles. The average molecular weight is 425 g/mol. The Morgan fingerprint density at radius 2 is 1.90 bits per heavy atom. The van der Waals surface area contributed by atoms with Crippen LogP contribution >= 0.6 is 0 Å². The highest BCUT2D eigenvalue weighted by molar-refractivity contribution is 5.79. The van der Waals surface area contributed by atoms with Crippen molar-refractivity contribution in [2.24, 2.45) is 4.99 Å². The number of hydrogen-bond donors (Lipinski definition) is 2. The topological polar surface area (TPSA) is 75.2 Å². The quantitative estimate of drug-likeness (QED) is 0.478. The molecule has 2 aromatic rings. The lowest BCUT2D eigenvalue weighted by molar-refractivity contribution is -0.128. The van der Waals surface area contributed by atoms with Crippen LogP contribution in [0.15, 0.2) is 53.5 Å². The van der Waals surface area contributed by atoms with E-state index in [1.807, 2.05) is 42.2 Å². The second kappa shape index (κ2) is 11.2. The minimum Gasteiger partial charge on any atom is -0.497 e. The fourth-order valence-electron chi connectivity index (χ4n) is 3.52. The first-order chi connectivity index (χ1) is 15.1. The fourth-order valence-corrected chi connectivity index (χ4v) is 3.52. The lowest BCUT2D eigenvalue weighted by Gasteiger charge is -2.18. The molecule has 7 heteroatoms. The second-order valence-corrected chi connectivity index (χ2v) is 7.65. The maximum absolute atomic E-state index is 11.9. The number of carbonyl (C=O) groups excluding carboxylic acids is 1. The first-order valence-corrected chi connectivity index (χ1v) is 10.7. The molecule has 1 heterocycles. The Balaban J connectivity index is 1.45. The molecule has 31 heavy (non-hydrogen) atoms. The van der Waals surface area contributed by atoms with Gasteiger partial charge in [0, 0.05) is 39.2 Å². The molecule has 2 N–H and O–H groups in total. The van der Waals surface area contributed by atoms with Crippen LogP contribution in [-0.2, 0) is 17.9 Å². The van der Waals surface area contributed by atoms with Crippen molar-refractivity contribution in [3.8, 4) is 11.5 Å². The number of amides is 1. The van der Waals surface area contributed by atoms with Crippen LogP contribution in [-0.4, -0.2) is 50.1 Å². The number of carbonyl (C=O) groups is 1. The van der Waals surface area contributed by atoms with E-state index in [0.717, 1.165) is 35.6 Å². The van der Waals surface area contributed by atoms with E-state index < -0.39 is 0 Å². The third kappa shape index (κ3) is 6.91. The Bertz CT molecular complexity index is 900. The van der Waals surface area contributed by atoms with Crippen LogP contribution in [0.3, 0.4) is 0 Å². The number of guanidine groups is 1. The Hall–Kier alpha value is -3.22. The summed E-state index contributed by atoms with van der Waals surface area (Å²) in [5.41, 5.74) is 2.30. The third-order valence-electron chi connectivity index (χ3n) is 5.16. The van der Waals surface area contributed by atoms with Crippen LogP contribution in [0.2, 0.25) is 0 Å². The highest BCUT2D eigenvalue weighted by Crippen LogP contribution is 2.20. The average Bonchev–Trinajstić information content (AvgIpc) is 3.18. The van der Waals surface area contributed by atoms with Crippen LogP contribution in [0.25, 0.3) is 0 Å². The summed E-state index contributed by atoms with van der Waals surface area (Å²) in [6.45, 7) is 4.79. The minimum absolute atomic E-state index is 0.0491. The largest absolute Gasteiger partial charge is 0.497 e. The van der Waals surface area contributed by atoms with Crippen LogP contribution in [0.1, 0.15) is 30.9 Å². The Kier molecular flexibility index (Phi) is 8.15. The molecule has 166 valence electrons. The van der Waals surface area contributed by atoms with Gasteiger partial charge < -0.3 is 25.0 Å². The summed E-state index contributed by atoms with van der Waals surface area (Å²) in [5, 5.41) is 6.63. The van der Waals surface area contributed by atoms with Crippen LogP contribution in [0.4, 0.5) is 0 Å². The number of benzene rings is 2. The van der Waals surface area contributed by atoms with Crippen LogP contribution in [0, 0.1) is 0 Å². The number of ether oxygens (including phenoxy) is 2. The summed E-state index contributed by atoms with van der Waals surface area (Å²) >= 11 is 0. The number of nitrogens with one attached hydrogen (secondary N) is 2. The highest BCUT2D eigenvalue weighted by atomic mass is 16.5. The summed E-state index contributed by atoms with van der Waals surface area (Å²) in [5.74, 6) is 2.50. The molecule has 0 radical (unpaired) electrons. The molecule has 0 aromatic heterocycles. The van der Waals surface area contributed by atoms with E-state index >= 15 is 0 Å². The molecule has 1 atom stereocenters. The van der Waals surface area contributed by atoms with Crippen molar-refractivity contribution in [1.29, 1.82) is 0 Å². The number of hydrogen-bond acceptors (Lipinski definition) is 4. The molecule has 1 aliphatic heterocycles. The zero-order valence-electron chi connectivity index (χ0n) is 18.6. The van der Waals surface area contributed by atoms with Gasteiger partial charge in [-0.2, -0.15) is 0 Å². The van der Waals surface area contributed by atoms with Gasteiger partial charge in [-0.15, -0.1) is 0 Å². The van der Waals surface area contributed by atoms with E-state index in [1.165, 1.54) is 0 Å². The SMILES string of the molecule is CN=C(NCc1cccc(CN2CCCC2=O)c1)NCC(C)Oc1cccc(OC)c1. The van der Waals surface area contributed by atoms with Crippen molar-refractivity contribution in [1.82, 2.24) is 15.5 Å². The molecule has 3 rings (SSSR count). The van der Waals surface area contributed by atoms with Crippen molar-refractivity contribution >= 4 is 11.9 Å². The molecular formula is C24H32N4O3. The zero-order valence-corrected chi connectivity index (χ0v) is 18.6. The fraction of sp³-hybridized carbons (Fsp3) is 0.417.